The zero-order valence-electron chi connectivity index (χ0n) is 13.0. The van der Waals surface area contributed by atoms with Gasteiger partial charge in [-0.3, -0.25) is 0 Å². The Balaban J connectivity index is 2.91. The summed E-state index contributed by atoms with van der Waals surface area (Å²) in [4.78, 5) is 11.7. The zero-order valence-corrected chi connectivity index (χ0v) is 13.0. The first-order valence-electron chi connectivity index (χ1n) is 6.61. The zero-order chi connectivity index (χ0) is 14.4. The topological polar surface area (TPSA) is 26.3 Å². The fraction of sp³-hybridized carbons (Fsp3) is 0.800. The van der Waals surface area contributed by atoms with Gasteiger partial charge in [0.25, 0.3) is 0 Å². The Bertz CT molecular complexity index is 347. The molecule has 1 saturated heterocycles. The van der Waals surface area contributed by atoms with Crippen LogP contribution in [0.2, 0.25) is 0 Å². The molecule has 0 aromatic heterocycles. The third-order valence-electron chi connectivity index (χ3n) is 5.10. The van der Waals surface area contributed by atoms with Crippen molar-refractivity contribution in [3.8, 4) is 0 Å². The summed E-state index contributed by atoms with van der Waals surface area (Å²) in [6.45, 7) is 14.3. The second-order valence-electron chi connectivity index (χ2n) is 7.29. The average Bonchev–Trinajstić information content (AvgIpc) is 2.13. The summed E-state index contributed by atoms with van der Waals surface area (Å²) in [6.07, 6.45) is 1.77. The van der Waals surface area contributed by atoms with Crippen molar-refractivity contribution in [2.24, 2.45) is 0 Å². The average molecular weight is 254 g/mol. The Morgan fingerprint density at radius 2 is 1.56 bits per heavy atom. The lowest BCUT2D eigenvalue weighted by Crippen LogP contribution is -2.71. The van der Waals surface area contributed by atoms with Crippen LogP contribution in [0.5, 0.6) is 0 Å². The highest BCUT2D eigenvalue weighted by molar-refractivity contribution is 5.87. The van der Waals surface area contributed by atoms with Gasteiger partial charge in [-0.25, -0.2) is 4.79 Å². The van der Waals surface area contributed by atoms with Crippen LogP contribution >= 0.6 is 0 Å². The maximum atomic E-state index is 11.7. The van der Waals surface area contributed by atoms with Crippen LogP contribution in [0, 0.1) is 0 Å². The molecule has 0 aromatic carbocycles. The molecule has 1 heterocycles. The van der Waals surface area contributed by atoms with Crippen LogP contribution in [-0.4, -0.2) is 41.7 Å². The summed E-state index contributed by atoms with van der Waals surface area (Å²) in [5.74, 6) is -0.265. The summed E-state index contributed by atoms with van der Waals surface area (Å²) in [7, 11) is 4.52. The molecule has 0 aliphatic carbocycles. The molecule has 0 atom stereocenters. The van der Waals surface area contributed by atoms with E-state index in [1.54, 1.807) is 6.92 Å². The van der Waals surface area contributed by atoms with Crippen LogP contribution in [-0.2, 0) is 9.53 Å². The first-order valence-corrected chi connectivity index (χ1v) is 6.61. The van der Waals surface area contributed by atoms with E-state index in [0.717, 1.165) is 17.3 Å². The van der Waals surface area contributed by atoms with E-state index in [1.165, 1.54) is 0 Å². The van der Waals surface area contributed by atoms with Crippen molar-refractivity contribution in [1.82, 2.24) is 0 Å². The molecule has 104 valence electrons. The van der Waals surface area contributed by atoms with Gasteiger partial charge in [0.15, 0.2) is 0 Å². The van der Waals surface area contributed by atoms with Crippen molar-refractivity contribution >= 4 is 5.97 Å². The molecule has 18 heavy (non-hydrogen) atoms. The predicted molar refractivity (Wildman–Crippen MR) is 74.2 cm³/mol. The Labute approximate surface area is 111 Å². The lowest BCUT2D eigenvalue weighted by atomic mass is 9.76. The van der Waals surface area contributed by atoms with Crippen molar-refractivity contribution < 1.29 is 14.0 Å². The highest BCUT2D eigenvalue weighted by Gasteiger charge is 2.54. The number of carbonyl (C=O) groups excluding carboxylic acids is 1. The van der Waals surface area contributed by atoms with E-state index in [1.807, 2.05) is 0 Å². The standard InChI is InChI=1S/C15H28NO2/c1-11(2)13(17)18-12-9-14(3,4)16(7,8)15(5,6)10-12/h12H,1,9-10H2,2-8H3/q+1. The molecule has 1 rings (SSSR count). The van der Waals surface area contributed by atoms with Crippen molar-refractivity contribution in [2.45, 2.75) is 64.6 Å². The fourth-order valence-electron chi connectivity index (χ4n) is 2.80. The van der Waals surface area contributed by atoms with Gasteiger partial charge in [0.1, 0.15) is 6.10 Å². The second-order valence-corrected chi connectivity index (χ2v) is 7.29. The number of esters is 1. The molecule has 0 unspecified atom stereocenters. The van der Waals surface area contributed by atoms with Gasteiger partial charge in [0.2, 0.25) is 0 Å². The highest BCUT2D eigenvalue weighted by Crippen LogP contribution is 2.43. The van der Waals surface area contributed by atoms with Gasteiger partial charge in [-0.2, -0.15) is 0 Å². The monoisotopic (exact) mass is 254 g/mol. The number of ether oxygens (including phenoxy) is 1. The molecule has 0 spiro atoms. The molecular weight excluding hydrogens is 226 g/mol. The largest absolute Gasteiger partial charge is 0.459 e. The first-order chi connectivity index (χ1) is 7.91. The maximum absolute atomic E-state index is 11.7. The summed E-state index contributed by atoms with van der Waals surface area (Å²) >= 11 is 0. The third kappa shape index (κ3) is 2.46. The number of carbonyl (C=O) groups is 1. The first kappa shape index (κ1) is 15.2. The molecule has 1 aliphatic heterocycles. The number of rotatable bonds is 2. The van der Waals surface area contributed by atoms with Crippen LogP contribution in [0.3, 0.4) is 0 Å². The number of likely N-dealkylation sites (tertiary alicyclic amines) is 1. The third-order valence-corrected chi connectivity index (χ3v) is 5.10. The van der Waals surface area contributed by atoms with Crippen molar-refractivity contribution in [3.05, 3.63) is 12.2 Å². The molecule has 3 nitrogen and oxygen atoms in total. The minimum atomic E-state index is -0.265. The van der Waals surface area contributed by atoms with Crippen LogP contribution < -0.4 is 0 Å². The maximum Gasteiger partial charge on any atom is 0.333 e. The molecule has 0 radical (unpaired) electrons. The molecule has 1 fully saturated rings. The lowest BCUT2D eigenvalue weighted by molar-refractivity contribution is -0.988. The predicted octanol–water partition coefficient (Wildman–Crippen LogP) is 2.90. The molecule has 0 saturated carbocycles. The van der Waals surface area contributed by atoms with E-state index >= 15 is 0 Å². The summed E-state index contributed by atoms with van der Waals surface area (Å²) in [6, 6.07) is 0. The van der Waals surface area contributed by atoms with E-state index < -0.39 is 0 Å². The molecular formula is C15H28NO2+. The van der Waals surface area contributed by atoms with E-state index in [-0.39, 0.29) is 23.2 Å². The Hall–Kier alpha value is -0.830. The number of hydrogen-bond donors (Lipinski definition) is 0. The number of piperidine rings is 1. The van der Waals surface area contributed by atoms with E-state index in [9.17, 15) is 4.79 Å². The summed E-state index contributed by atoms with van der Waals surface area (Å²) in [5, 5.41) is 0. The van der Waals surface area contributed by atoms with Crippen LogP contribution in [0.25, 0.3) is 0 Å². The van der Waals surface area contributed by atoms with Crippen molar-refractivity contribution in [2.75, 3.05) is 14.1 Å². The van der Waals surface area contributed by atoms with Gasteiger partial charge < -0.3 is 9.22 Å². The highest BCUT2D eigenvalue weighted by atomic mass is 16.5. The lowest BCUT2D eigenvalue weighted by Gasteiger charge is -2.59. The Kier molecular flexibility index (Phi) is 3.70. The van der Waals surface area contributed by atoms with Crippen molar-refractivity contribution in [3.63, 3.8) is 0 Å². The molecule has 1 aliphatic rings. The second kappa shape index (κ2) is 4.37. The summed E-state index contributed by atoms with van der Waals surface area (Å²) < 4.78 is 6.50. The molecule has 0 bridgehead atoms. The normalized spacial score (nSPS) is 25.5. The van der Waals surface area contributed by atoms with Gasteiger partial charge in [-0.05, 0) is 34.6 Å². The van der Waals surface area contributed by atoms with Gasteiger partial charge in [0.05, 0.1) is 25.2 Å². The van der Waals surface area contributed by atoms with E-state index in [2.05, 4.69) is 48.4 Å². The van der Waals surface area contributed by atoms with E-state index in [4.69, 9.17) is 4.74 Å². The van der Waals surface area contributed by atoms with Crippen LogP contribution in [0.1, 0.15) is 47.5 Å². The van der Waals surface area contributed by atoms with Gasteiger partial charge in [0, 0.05) is 18.4 Å². The summed E-state index contributed by atoms with van der Waals surface area (Å²) in [5.41, 5.74) is 0.647. The fourth-order valence-corrected chi connectivity index (χ4v) is 2.80. The molecule has 0 N–H and O–H groups in total. The molecule has 0 amide bonds. The van der Waals surface area contributed by atoms with Gasteiger partial charge in [-0.15, -0.1) is 0 Å². The Morgan fingerprint density at radius 3 is 1.89 bits per heavy atom. The van der Waals surface area contributed by atoms with Gasteiger partial charge in [-0.1, -0.05) is 6.58 Å². The smallest absolute Gasteiger partial charge is 0.333 e. The minimum absolute atomic E-state index is 0.00894. The Morgan fingerprint density at radius 1 is 1.17 bits per heavy atom. The van der Waals surface area contributed by atoms with Crippen LogP contribution in [0.4, 0.5) is 0 Å². The van der Waals surface area contributed by atoms with Crippen LogP contribution in [0.15, 0.2) is 12.2 Å². The minimum Gasteiger partial charge on any atom is -0.459 e. The van der Waals surface area contributed by atoms with Crippen molar-refractivity contribution in [1.29, 1.82) is 0 Å². The van der Waals surface area contributed by atoms with E-state index in [0.29, 0.717) is 5.57 Å². The quantitative estimate of drug-likeness (QED) is 0.430. The number of quaternary nitrogens is 1. The SMILES string of the molecule is C=C(C)C(=O)OC1CC(C)(C)[N+](C)(C)C(C)(C)C1. The number of nitrogens with zero attached hydrogens (tertiary/aromatic N) is 1. The molecule has 0 aromatic rings. The van der Waals surface area contributed by atoms with Gasteiger partial charge >= 0.3 is 5.97 Å². The number of hydrogen-bond acceptors (Lipinski definition) is 2. The molecule has 3 heteroatoms.